The predicted octanol–water partition coefficient (Wildman–Crippen LogP) is 2.28. The van der Waals surface area contributed by atoms with Crippen LogP contribution in [0, 0.1) is 0 Å². The van der Waals surface area contributed by atoms with Crippen LogP contribution in [0.3, 0.4) is 0 Å². The van der Waals surface area contributed by atoms with E-state index in [4.69, 9.17) is 19.8 Å². The number of aryl methyl sites for hydroxylation is 1. The summed E-state index contributed by atoms with van der Waals surface area (Å²) in [5.74, 6) is 1.99. The smallest absolute Gasteiger partial charge is 0.239 e. The van der Waals surface area contributed by atoms with Crippen molar-refractivity contribution in [3.8, 4) is 17.3 Å². The van der Waals surface area contributed by atoms with E-state index in [0.29, 0.717) is 23.3 Å². The van der Waals surface area contributed by atoms with Crippen molar-refractivity contribution in [3.05, 3.63) is 29.6 Å². The fraction of sp³-hybridized carbons (Fsp3) is 0.565. The van der Waals surface area contributed by atoms with Crippen LogP contribution in [-0.2, 0) is 17.6 Å². The molecule has 2 aliphatic carbocycles. The predicted molar refractivity (Wildman–Crippen MR) is 118 cm³/mol. The standard InChI is InChI=1S/C23H31N5O3/c1-28(15-21(30)25-16-6-3-2-4-7-16)23-18-8-5-9-19(18)26-22(27-23)20-14-17(10-11-24-20)31-13-12-29/h10-11,14,16,29H,2-9,12-13,15H2,1H3,(H,25,30). The number of amides is 1. The molecule has 2 heterocycles. The van der Waals surface area contributed by atoms with Crippen LogP contribution in [0.15, 0.2) is 18.3 Å². The molecule has 0 radical (unpaired) electrons. The molecule has 2 aromatic rings. The molecule has 0 aliphatic heterocycles. The summed E-state index contributed by atoms with van der Waals surface area (Å²) in [4.78, 5) is 28.6. The summed E-state index contributed by atoms with van der Waals surface area (Å²) in [7, 11) is 1.92. The Balaban J connectivity index is 1.53. The Hall–Kier alpha value is -2.74. The maximum atomic E-state index is 12.6. The number of aliphatic hydroxyl groups excluding tert-OH is 1. The van der Waals surface area contributed by atoms with Crippen LogP contribution in [0.1, 0.15) is 49.8 Å². The SMILES string of the molecule is CN(CC(=O)NC1CCCCC1)c1nc(-c2cc(OCCO)ccn2)nc2c1CCC2. The van der Waals surface area contributed by atoms with Gasteiger partial charge in [-0.25, -0.2) is 9.97 Å². The van der Waals surface area contributed by atoms with Crippen LogP contribution < -0.4 is 15.0 Å². The number of likely N-dealkylation sites (N-methyl/N-ethyl adjacent to an activating group) is 1. The van der Waals surface area contributed by atoms with Crippen molar-refractivity contribution >= 4 is 11.7 Å². The lowest BCUT2D eigenvalue weighted by molar-refractivity contribution is -0.120. The average molecular weight is 426 g/mol. The van der Waals surface area contributed by atoms with E-state index in [0.717, 1.165) is 49.2 Å². The van der Waals surface area contributed by atoms with Crippen LogP contribution in [0.25, 0.3) is 11.5 Å². The van der Waals surface area contributed by atoms with Gasteiger partial charge in [0, 0.05) is 36.6 Å². The molecule has 2 N–H and O–H groups in total. The molecule has 2 aromatic heterocycles. The molecule has 2 aliphatic rings. The van der Waals surface area contributed by atoms with Gasteiger partial charge in [-0.15, -0.1) is 0 Å². The topological polar surface area (TPSA) is 100 Å². The maximum Gasteiger partial charge on any atom is 0.239 e. The summed E-state index contributed by atoms with van der Waals surface area (Å²) in [5.41, 5.74) is 2.78. The first kappa shape index (κ1) is 21.5. The molecular formula is C23H31N5O3. The molecule has 166 valence electrons. The van der Waals surface area contributed by atoms with Gasteiger partial charge >= 0.3 is 0 Å². The fourth-order valence-electron chi connectivity index (χ4n) is 4.44. The second-order valence-corrected chi connectivity index (χ2v) is 8.36. The molecule has 8 nitrogen and oxygen atoms in total. The molecule has 1 fully saturated rings. The number of nitrogens with zero attached hydrogens (tertiary/aromatic N) is 4. The van der Waals surface area contributed by atoms with Crippen molar-refractivity contribution in [2.45, 2.75) is 57.4 Å². The number of carbonyl (C=O) groups is 1. The van der Waals surface area contributed by atoms with Gasteiger partial charge in [-0.05, 0) is 38.2 Å². The van der Waals surface area contributed by atoms with E-state index in [-0.39, 0.29) is 25.7 Å². The molecule has 0 atom stereocenters. The number of aliphatic hydroxyl groups is 1. The Morgan fingerprint density at radius 3 is 2.87 bits per heavy atom. The molecule has 0 bridgehead atoms. The molecule has 1 saturated carbocycles. The van der Waals surface area contributed by atoms with Gasteiger partial charge in [0.2, 0.25) is 5.91 Å². The highest BCUT2D eigenvalue weighted by atomic mass is 16.5. The zero-order chi connectivity index (χ0) is 21.6. The number of rotatable bonds is 8. The summed E-state index contributed by atoms with van der Waals surface area (Å²) >= 11 is 0. The van der Waals surface area contributed by atoms with Gasteiger partial charge in [0.05, 0.1) is 13.2 Å². The average Bonchev–Trinajstić information content (AvgIpc) is 3.26. The number of fused-ring (bicyclic) bond motifs is 1. The minimum absolute atomic E-state index is 0.0406. The normalized spacial score (nSPS) is 16.1. The number of aromatic nitrogens is 3. The van der Waals surface area contributed by atoms with E-state index in [2.05, 4.69) is 10.3 Å². The molecule has 31 heavy (non-hydrogen) atoms. The summed E-state index contributed by atoms with van der Waals surface area (Å²) in [6.45, 7) is 0.440. The summed E-state index contributed by atoms with van der Waals surface area (Å²) in [6, 6.07) is 3.83. The van der Waals surface area contributed by atoms with Crippen LogP contribution >= 0.6 is 0 Å². The highest BCUT2D eigenvalue weighted by Gasteiger charge is 2.24. The number of anilines is 1. The lowest BCUT2D eigenvalue weighted by Crippen LogP contribution is -2.42. The molecule has 0 aromatic carbocycles. The van der Waals surface area contributed by atoms with E-state index in [1.54, 1.807) is 18.3 Å². The van der Waals surface area contributed by atoms with Gasteiger partial charge in [-0.1, -0.05) is 19.3 Å². The fourth-order valence-corrected chi connectivity index (χ4v) is 4.44. The molecular weight excluding hydrogens is 394 g/mol. The number of ether oxygens (including phenoxy) is 1. The summed E-state index contributed by atoms with van der Waals surface area (Å²) < 4.78 is 5.50. The lowest BCUT2D eigenvalue weighted by Gasteiger charge is -2.25. The third-order valence-electron chi connectivity index (χ3n) is 5.94. The summed E-state index contributed by atoms with van der Waals surface area (Å²) in [6.07, 6.45) is 10.3. The number of nitrogens with one attached hydrogen (secondary N) is 1. The Kier molecular flexibility index (Phi) is 6.96. The van der Waals surface area contributed by atoms with Gasteiger partial charge < -0.3 is 20.1 Å². The molecule has 1 amide bonds. The number of hydrogen-bond donors (Lipinski definition) is 2. The lowest BCUT2D eigenvalue weighted by atomic mass is 9.95. The maximum absolute atomic E-state index is 12.6. The zero-order valence-electron chi connectivity index (χ0n) is 18.1. The number of hydrogen-bond acceptors (Lipinski definition) is 7. The van der Waals surface area contributed by atoms with Crippen molar-refractivity contribution in [2.75, 3.05) is 31.7 Å². The van der Waals surface area contributed by atoms with E-state index in [1.165, 1.54) is 19.3 Å². The van der Waals surface area contributed by atoms with Crippen LogP contribution in [-0.4, -0.2) is 58.8 Å². The van der Waals surface area contributed by atoms with Gasteiger partial charge in [0.15, 0.2) is 5.82 Å². The Morgan fingerprint density at radius 1 is 1.23 bits per heavy atom. The minimum Gasteiger partial charge on any atom is -0.491 e. The third kappa shape index (κ3) is 5.31. The molecule has 0 saturated heterocycles. The van der Waals surface area contributed by atoms with Crippen molar-refractivity contribution in [1.82, 2.24) is 20.3 Å². The van der Waals surface area contributed by atoms with Crippen LogP contribution in [0.5, 0.6) is 5.75 Å². The van der Waals surface area contributed by atoms with Crippen molar-refractivity contribution < 1.29 is 14.6 Å². The molecule has 0 unspecified atom stereocenters. The van der Waals surface area contributed by atoms with Gasteiger partial charge in [-0.2, -0.15) is 0 Å². The first-order valence-corrected chi connectivity index (χ1v) is 11.2. The number of pyridine rings is 1. The quantitative estimate of drug-likeness (QED) is 0.669. The Labute approximate surface area is 183 Å². The zero-order valence-corrected chi connectivity index (χ0v) is 18.1. The van der Waals surface area contributed by atoms with Crippen LogP contribution in [0.4, 0.5) is 5.82 Å². The van der Waals surface area contributed by atoms with Gasteiger partial charge in [-0.3, -0.25) is 9.78 Å². The second-order valence-electron chi connectivity index (χ2n) is 8.36. The van der Waals surface area contributed by atoms with Crippen molar-refractivity contribution in [2.24, 2.45) is 0 Å². The van der Waals surface area contributed by atoms with Gasteiger partial charge in [0.25, 0.3) is 0 Å². The van der Waals surface area contributed by atoms with Crippen molar-refractivity contribution in [3.63, 3.8) is 0 Å². The molecule has 0 spiro atoms. The summed E-state index contributed by atoms with van der Waals surface area (Å²) in [5, 5.41) is 12.2. The number of carbonyl (C=O) groups excluding carboxylic acids is 1. The van der Waals surface area contributed by atoms with E-state index < -0.39 is 0 Å². The van der Waals surface area contributed by atoms with E-state index in [9.17, 15) is 4.79 Å². The minimum atomic E-state index is -0.0507. The van der Waals surface area contributed by atoms with Crippen LogP contribution in [0.2, 0.25) is 0 Å². The van der Waals surface area contributed by atoms with E-state index in [1.807, 2.05) is 11.9 Å². The molecule has 4 rings (SSSR count). The second kappa shape index (κ2) is 10.0. The highest BCUT2D eigenvalue weighted by Crippen LogP contribution is 2.31. The third-order valence-corrected chi connectivity index (χ3v) is 5.94. The Bertz CT molecular complexity index is 914. The first-order chi connectivity index (χ1) is 15.1. The first-order valence-electron chi connectivity index (χ1n) is 11.2. The van der Waals surface area contributed by atoms with Crippen molar-refractivity contribution in [1.29, 1.82) is 0 Å². The van der Waals surface area contributed by atoms with E-state index >= 15 is 0 Å². The largest absolute Gasteiger partial charge is 0.491 e. The molecule has 8 heteroatoms. The Morgan fingerprint density at radius 2 is 2.06 bits per heavy atom. The monoisotopic (exact) mass is 425 g/mol. The van der Waals surface area contributed by atoms with Gasteiger partial charge in [0.1, 0.15) is 23.9 Å². The highest BCUT2D eigenvalue weighted by molar-refractivity contribution is 5.81.